The Morgan fingerprint density at radius 3 is 2.67 bits per heavy atom. The molecule has 2 nitrogen and oxygen atoms in total. The van der Waals surface area contributed by atoms with Crippen LogP contribution in [0, 0.1) is 11.8 Å². The average Bonchev–Trinajstić information content (AvgIpc) is 2.12. The molecule has 15 heavy (non-hydrogen) atoms. The SMILES string of the molecule is CCCNC1CC(C)CN(CC(C)C)C1. The third-order valence-corrected chi connectivity index (χ3v) is 3.04. The summed E-state index contributed by atoms with van der Waals surface area (Å²) in [6.07, 6.45) is 2.60. The van der Waals surface area contributed by atoms with E-state index in [0.29, 0.717) is 0 Å². The molecule has 1 fully saturated rings. The summed E-state index contributed by atoms with van der Waals surface area (Å²) >= 11 is 0. The van der Waals surface area contributed by atoms with Crippen LogP contribution in [0.15, 0.2) is 0 Å². The minimum Gasteiger partial charge on any atom is -0.313 e. The Labute approximate surface area is 95.4 Å². The van der Waals surface area contributed by atoms with Crippen LogP contribution in [0.1, 0.15) is 40.5 Å². The van der Waals surface area contributed by atoms with E-state index < -0.39 is 0 Å². The highest BCUT2D eigenvalue weighted by Gasteiger charge is 2.24. The zero-order valence-corrected chi connectivity index (χ0v) is 10.9. The van der Waals surface area contributed by atoms with E-state index >= 15 is 0 Å². The van der Waals surface area contributed by atoms with Crippen molar-refractivity contribution in [2.45, 2.75) is 46.6 Å². The highest BCUT2D eigenvalue weighted by molar-refractivity contribution is 4.81. The molecule has 1 aliphatic rings. The molecule has 0 aromatic heterocycles. The molecule has 1 N–H and O–H groups in total. The van der Waals surface area contributed by atoms with Crippen molar-refractivity contribution in [3.8, 4) is 0 Å². The van der Waals surface area contributed by atoms with Crippen LogP contribution in [0.5, 0.6) is 0 Å². The predicted octanol–water partition coefficient (Wildman–Crippen LogP) is 2.35. The normalized spacial score (nSPS) is 28.6. The molecule has 0 amide bonds. The van der Waals surface area contributed by atoms with Gasteiger partial charge in [-0.2, -0.15) is 0 Å². The van der Waals surface area contributed by atoms with E-state index in [4.69, 9.17) is 0 Å². The number of nitrogens with one attached hydrogen (secondary N) is 1. The van der Waals surface area contributed by atoms with Crippen LogP contribution >= 0.6 is 0 Å². The van der Waals surface area contributed by atoms with Gasteiger partial charge in [-0.3, -0.25) is 0 Å². The quantitative estimate of drug-likeness (QED) is 0.752. The van der Waals surface area contributed by atoms with E-state index in [1.807, 2.05) is 0 Å². The molecule has 1 saturated heterocycles. The monoisotopic (exact) mass is 212 g/mol. The first-order chi connectivity index (χ1) is 7.11. The lowest BCUT2D eigenvalue weighted by molar-refractivity contribution is 0.136. The van der Waals surface area contributed by atoms with E-state index in [0.717, 1.165) is 17.9 Å². The van der Waals surface area contributed by atoms with Crippen LogP contribution in [0.2, 0.25) is 0 Å². The van der Waals surface area contributed by atoms with Crippen molar-refractivity contribution in [1.82, 2.24) is 10.2 Å². The molecular weight excluding hydrogens is 184 g/mol. The Morgan fingerprint density at radius 1 is 1.33 bits per heavy atom. The molecule has 0 radical (unpaired) electrons. The summed E-state index contributed by atoms with van der Waals surface area (Å²) < 4.78 is 0. The van der Waals surface area contributed by atoms with Crippen molar-refractivity contribution in [2.24, 2.45) is 11.8 Å². The number of hydrogen-bond acceptors (Lipinski definition) is 2. The average molecular weight is 212 g/mol. The van der Waals surface area contributed by atoms with E-state index in [1.54, 1.807) is 0 Å². The smallest absolute Gasteiger partial charge is 0.0198 e. The first-order valence-electron chi connectivity index (χ1n) is 6.57. The van der Waals surface area contributed by atoms with E-state index in [-0.39, 0.29) is 0 Å². The Bertz CT molecular complexity index is 166. The van der Waals surface area contributed by atoms with E-state index in [2.05, 4.69) is 37.9 Å². The fraction of sp³-hybridized carbons (Fsp3) is 1.00. The molecule has 90 valence electrons. The van der Waals surface area contributed by atoms with Gasteiger partial charge in [0.25, 0.3) is 0 Å². The van der Waals surface area contributed by atoms with Crippen molar-refractivity contribution < 1.29 is 0 Å². The minimum absolute atomic E-state index is 0.729. The number of piperidine rings is 1. The second-order valence-corrected chi connectivity index (χ2v) is 5.60. The molecule has 0 aromatic carbocycles. The molecule has 2 heteroatoms. The lowest BCUT2D eigenvalue weighted by Gasteiger charge is -2.37. The summed E-state index contributed by atoms with van der Waals surface area (Å²) in [5, 5.41) is 3.66. The number of hydrogen-bond donors (Lipinski definition) is 1. The first kappa shape index (κ1) is 13.0. The van der Waals surface area contributed by atoms with Gasteiger partial charge in [0.1, 0.15) is 0 Å². The van der Waals surface area contributed by atoms with Crippen LogP contribution in [-0.4, -0.2) is 37.1 Å². The van der Waals surface area contributed by atoms with Gasteiger partial charge in [0, 0.05) is 25.7 Å². The summed E-state index contributed by atoms with van der Waals surface area (Å²) in [5.41, 5.74) is 0. The molecule has 0 bridgehead atoms. The summed E-state index contributed by atoms with van der Waals surface area (Å²) in [4.78, 5) is 2.63. The van der Waals surface area contributed by atoms with Crippen molar-refractivity contribution in [2.75, 3.05) is 26.2 Å². The maximum Gasteiger partial charge on any atom is 0.0198 e. The Hall–Kier alpha value is -0.0800. The zero-order chi connectivity index (χ0) is 11.3. The molecule has 0 saturated carbocycles. The third kappa shape index (κ3) is 4.98. The lowest BCUT2D eigenvalue weighted by Crippen LogP contribution is -2.49. The van der Waals surface area contributed by atoms with Crippen molar-refractivity contribution in [1.29, 1.82) is 0 Å². The Balaban J connectivity index is 2.34. The fourth-order valence-corrected chi connectivity index (χ4v) is 2.62. The molecule has 0 aliphatic carbocycles. The predicted molar refractivity (Wildman–Crippen MR) is 67.1 cm³/mol. The van der Waals surface area contributed by atoms with Gasteiger partial charge in [-0.25, -0.2) is 0 Å². The molecule has 1 heterocycles. The van der Waals surface area contributed by atoms with Crippen LogP contribution in [-0.2, 0) is 0 Å². The second-order valence-electron chi connectivity index (χ2n) is 5.60. The fourth-order valence-electron chi connectivity index (χ4n) is 2.62. The third-order valence-electron chi connectivity index (χ3n) is 3.04. The van der Waals surface area contributed by atoms with E-state index in [9.17, 15) is 0 Å². The van der Waals surface area contributed by atoms with Crippen LogP contribution in [0.3, 0.4) is 0 Å². The highest BCUT2D eigenvalue weighted by atomic mass is 15.2. The van der Waals surface area contributed by atoms with Gasteiger partial charge in [-0.1, -0.05) is 27.7 Å². The van der Waals surface area contributed by atoms with Gasteiger partial charge in [0.2, 0.25) is 0 Å². The van der Waals surface area contributed by atoms with Gasteiger partial charge < -0.3 is 10.2 Å². The van der Waals surface area contributed by atoms with Crippen molar-refractivity contribution in [3.63, 3.8) is 0 Å². The van der Waals surface area contributed by atoms with Gasteiger partial charge >= 0.3 is 0 Å². The molecule has 2 unspecified atom stereocenters. The summed E-state index contributed by atoms with van der Waals surface area (Å²) in [7, 11) is 0. The number of nitrogens with zero attached hydrogens (tertiary/aromatic N) is 1. The maximum atomic E-state index is 3.66. The first-order valence-corrected chi connectivity index (χ1v) is 6.57. The maximum absolute atomic E-state index is 3.66. The minimum atomic E-state index is 0.729. The van der Waals surface area contributed by atoms with E-state index in [1.165, 1.54) is 39.0 Å². The van der Waals surface area contributed by atoms with Gasteiger partial charge in [0.15, 0.2) is 0 Å². The largest absolute Gasteiger partial charge is 0.313 e. The molecular formula is C13H28N2. The van der Waals surface area contributed by atoms with Gasteiger partial charge in [0.05, 0.1) is 0 Å². The molecule has 2 atom stereocenters. The van der Waals surface area contributed by atoms with Crippen LogP contribution in [0.4, 0.5) is 0 Å². The molecule has 1 rings (SSSR count). The molecule has 1 aliphatic heterocycles. The molecule has 0 aromatic rings. The van der Waals surface area contributed by atoms with Gasteiger partial charge in [-0.15, -0.1) is 0 Å². The number of likely N-dealkylation sites (tertiary alicyclic amines) is 1. The van der Waals surface area contributed by atoms with Gasteiger partial charge in [-0.05, 0) is 31.2 Å². The lowest BCUT2D eigenvalue weighted by atomic mass is 9.95. The Morgan fingerprint density at radius 2 is 2.07 bits per heavy atom. The summed E-state index contributed by atoms with van der Waals surface area (Å²) in [5.74, 6) is 1.65. The Kier molecular flexibility index (Phi) is 5.62. The van der Waals surface area contributed by atoms with Crippen molar-refractivity contribution in [3.05, 3.63) is 0 Å². The zero-order valence-electron chi connectivity index (χ0n) is 10.9. The second kappa shape index (κ2) is 6.49. The molecule has 0 spiro atoms. The van der Waals surface area contributed by atoms with Crippen LogP contribution in [0.25, 0.3) is 0 Å². The van der Waals surface area contributed by atoms with Crippen LogP contribution < -0.4 is 5.32 Å². The summed E-state index contributed by atoms with van der Waals surface area (Å²) in [6.45, 7) is 14.2. The standard InChI is InChI=1S/C13H28N2/c1-5-6-14-13-7-12(4)9-15(10-13)8-11(2)3/h11-14H,5-10H2,1-4H3. The topological polar surface area (TPSA) is 15.3 Å². The number of rotatable bonds is 5. The van der Waals surface area contributed by atoms with Crippen molar-refractivity contribution >= 4 is 0 Å². The summed E-state index contributed by atoms with van der Waals surface area (Å²) in [6, 6.07) is 0.729. The highest BCUT2D eigenvalue weighted by Crippen LogP contribution is 2.17.